The molecule has 0 saturated heterocycles. The molecule has 2 atom stereocenters. The number of aromatic nitrogens is 2. The quantitative estimate of drug-likeness (QED) is 0.930. The van der Waals surface area contributed by atoms with Crippen molar-refractivity contribution in [1.82, 2.24) is 9.55 Å². The third kappa shape index (κ3) is 1.79. The van der Waals surface area contributed by atoms with Crippen LogP contribution in [0.15, 0.2) is 22.7 Å². The van der Waals surface area contributed by atoms with Crippen molar-refractivity contribution in [2.75, 3.05) is 0 Å². The third-order valence-electron chi connectivity index (χ3n) is 4.43. The van der Waals surface area contributed by atoms with Gasteiger partial charge in [-0.15, -0.1) is 0 Å². The Balaban J connectivity index is 2.15. The van der Waals surface area contributed by atoms with Crippen molar-refractivity contribution in [2.45, 2.75) is 33.2 Å². The highest BCUT2D eigenvalue weighted by molar-refractivity contribution is 9.10. The maximum absolute atomic E-state index is 11.4. The van der Waals surface area contributed by atoms with Crippen LogP contribution in [-0.2, 0) is 11.3 Å². The summed E-state index contributed by atoms with van der Waals surface area (Å²) in [5.41, 5.74) is 1.76. The Labute approximate surface area is 125 Å². The molecule has 1 aromatic carbocycles. The topological polar surface area (TPSA) is 55.1 Å². The number of imidazole rings is 1. The number of aryl methyl sites for hydroxylation is 1. The fraction of sp³-hybridized carbons (Fsp3) is 0.467. The number of hydrogen-bond acceptors (Lipinski definition) is 2. The number of nitrogens with zero attached hydrogens (tertiary/aromatic N) is 2. The van der Waals surface area contributed by atoms with Crippen LogP contribution in [0.3, 0.4) is 0 Å². The predicted octanol–water partition coefficient (Wildman–Crippen LogP) is 3.64. The summed E-state index contributed by atoms with van der Waals surface area (Å²) in [5.74, 6) is -0.173. The summed E-state index contributed by atoms with van der Waals surface area (Å²) in [6, 6.07) is 6.01. The smallest absolute Gasteiger partial charge is 0.307 e. The molecule has 0 bridgehead atoms. The van der Waals surface area contributed by atoms with E-state index in [0.717, 1.165) is 27.9 Å². The number of hydrogen-bond donors (Lipinski definition) is 1. The Morgan fingerprint density at radius 2 is 2.20 bits per heavy atom. The van der Waals surface area contributed by atoms with Crippen molar-refractivity contribution in [3.63, 3.8) is 0 Å². The van der Waals surface area contributed by atoms with Gasteiger partial charge >= 0.3 is 5.97 Å². The Bertz CT molecular complexity index is 705. The second-order valence-electron chi connectivity index (χ2n) is 5.96. The number of carbonyl (C=O) groups is 1. The first-order valence-corrected chi connectivity index (χ1v) is 7.55. The lowest BCUT2D eigenvalue weighted by atomic mass is 10.1. The fourth-order valence-electron chi connectivity index (χ4n) is 3.27. The zero-order chi connectivity index (χ0) is 14.7. The molecule has 4 nitrogen and oxygen atoms in total. The minimum Gasteiger partial charge on any atom is -0.481 e. The Hall–Kier alpha value is -1.36. The van der Waals surface area contributed by atoms with E-state index in [2.05, 4.69) is 27.4 Å². The van der Waals surface area contributed by atoms with Crippen LogP contribution in [0.1, 0.15) is 32.5 Å². The highest BCUT2D eigenvalue weighted by atomic mass is 79.9. The van der Waals surface area contributed by atoms with Gasteiger partial charge in [0, 0.05) is 16.9 Å². The molecule has 0 spiro atoms. The van der Waals surface area contributed by atoms with Crippen LogP contribution in [0.25, 0.3) is 11.0 Å². The molecule has 5 heteroatoms. The molecule has 2 unspecified atom stereocenters. The minimum atomic E-state index is -0.726. The number of fused-ring (bicyclic) bond motifs is 1. The van der Waals surface area contributed by atoms with Crippen LogP contribution in [0.4, 0.5) is 0 Å². The average Bonchev–Trinajstić information content (AvgIpc) is 2.77. The zero-order valence-corrected chi connectivity index (χ0v) is 13.3. The van der Waals surface area contributed by atoms with Crippen LogP contribution >= 0.6 is 15.9 Å². The highest BCUT2D eigenvalue weighted by Gasteiger charge is 2.64. The van der Waals surface area contributed by atoms with Gasteiger partial charge < -0.3 is 9.67 Å². The number of halogens is 1. The van der Waals surface area contributed by atoms with Gasteiger partial charge in [0.1, 0.15) is 5.82 Å². The van der Waals surface area contributed by atoms with E-state index in [9.17, 15) is 9.90 Å². The van der Waals surface area contributed by atoms with Crippen molar-refractivity contribution in [1.29, 1.82) is 0 Å². The summed E-state index contributed by atoms with van der Waals surface area (Å²) in [7, 11) is 0. The molecule has 0 amide bonds. The summed E-state index contributed by atoms with van der Waals surface area (Å²) in [5, 5.41) is 9.36. The van der Waals surface area contributed by atoms with Gasteiger partial charge in [0.2, 0.25) is 0 Å². The van der Waals surface area contributed by atoms with Crippen LogP contribution in [0, 0.1) is 11.3 Å². The van der Waals surface area contributed by atoms with Crippen molar-refractivity contribution in [3.05, 3.63) is 28.5 Å². The zero-order valence-electron chi connectivity index (χ0n) is 11.7. The molecule has 1 aromatic heterocycles. The van der Waals surface area contributed by atoms with Crippen LogP contribution < -0.4 is 0 Å². The van der Waals surface area contributed by atoms with Crippen molar-refractivity contribution in [2.24, 2.45) is 11.3 Å². The van der Waals surface area contributed by atoms with Gasteiger partial charge in [-0.2, -0.15) is 0 Å². The molecule has 1 N–H and O–H groups in total. The molecule has 1 heterocycles. The van der Waals surface area contributed by atoms with E-state index in [1.165, 1.54) is 0 Å². The van der Waals surface area contributed by atoms with E-state index in [1.807, 2.05) is 32.0 Å². The standard InChI is InChI=1S/C15H17BrN2O2/c1-4-18-10-6-5-8(16)7-9(10)17-13(18)11-12(14(19)20)15(11,2)3/h5-7,11-12H,4H2,1-3H3,(H,19,20). The van der Waals surface area contributed by atoms with E-state index >= 15 is 0 Å². The molecule has 2 aromatic rings. The lowest BCUT2D eigenvalue weighted by molar-refractivity contribution is -0.139. The first-order chi connectivity index (χ1) is 9.37. The Kier molecular flexibility index (Phi) is 2.94. The maximum atomic E-state index is 11.4. The lowest BCUT2D eigenvalue weighted by Gasteiger charge is -2.06. The molecule has 3 rings (SSSR count). The normalized spacial score (nSPS) is 24.0. The fourth-order valence-corrected chi connectivity index (χ4v) is 3.62. The first-order valence-electron chi connectivity index (χ1n) is 6.76. The molecule has 20 heavy (non-hydrogen) atoms. The van der Waals surface area contributed by atoms with Gasteiger partial charge in [-0.25, -0.2) is 4.98 Å². The van der Waals surface area contributed by atoms with E-state index < -0.39 is 5.97 Å². The van der Waals surface area contributed by atoms with Gasteiger partial charge in [0.25, 0.3) is 0 Å². The molecule has 1 aliphatic rings. The van der Waals surface area contributed by atoms with Crippen molar-refractivity contribution < 1.29 is 9.90 Å². The van der Waals surface area contributed by atoms with Crippen LogP contribution in [-0.4, -0.2) is 20.6 Å². The van der Waals surface area contributed by atoms with Gasteiger partial charge in [-0.1, -0.05) is 29.8 Å². The van der Waals surface area contributed by atoms with E-state index in [-0.39, 0.29) is 17.3 Å². The van der Waals surface area contributed by atoms with Crippen LogP contribution in [0.5, 0.6) is 0 Å². The van der Waals surface area contributed by atoms with Gasteiger partial charge in [0.05, 0.1) is 17.0 Å². The second kappa shape index (κ2) is 4.32. The van der Waals surface area contributed by atoms with E-state index in [0.29, 0.717) is 0 Å². The Morgan fingerprint density at radius 1 is 1.50 bits per heavy atom. The molecule has 1 aliphatic carbocycles. The highest BCUT2D eigenvalue weighted by Crippen LogP contribution is 2.64. The molecule has 0 aliphatic heterocycles. The first kappa shape index (κ1) is 13.6. The second-order valence-corrected chi connectivity index (χ2v) is 6.88. The van der Waals surface area contributed by atoms with Crippen molar-refractivity contribution in [3.8, 4) is 0 Å². The summed E-state index contributed by atoms with van der Waals surface area (Å²) in [4.78, 5) is 16.1. The third-order valence-corrected chi connectivity index (χ3v) is 4.92. The summed E-state index contributed by atoms with van der Waals surface area (Å²) in [6.07, 6.45) is 0. The summed E-state index contributed by atoms with van der Waals surface area (Å²) in [6.45, 7) is 6.88. The maximum Gasteiger partial charge on any atom is 0.307 e. The average molecular weight is 337 g/mol. The van der Waals surface area contributed by atoms with Crippen LogP contribution in [0.2, 0.25) is 0 Å². The number of aliphatic carboxylic acids is 1. The molecule has 1 saturated carbocycles. The van der Waals surface area contributed by atoms with Gasteiger partial charge in [-0.05, 0) is 30.5 Å². The number of rotatable bonds is 3. The minimum absolute atomic E-state index is 0.00822. The monoisotopic (exact) mass is 336 g/mol. The number of benzene rings is 1. The molecule has 1 fully saturated rings. The van der Waals surface area contributed by atoms with Crippen molar-refractivity contribution >= 4 is 32.9 Å². The summed E-state index contributed by atoms with van der Waals surface area (Å²) >= 11 is 3.45. The largest absolute Gasteiger partial charge is 0.481 e. The number of carboxylic acids is 1. The molecule has 0 radical (unpaired) electrons. The van der Waals surface area contributed by atoms with E-state index in [1.54, 1.807) is 0 Å². The SMILES string of the molecule is CCn1c(C2C(C(=O)O)C2(C)C)nc2cc(Br)ccc21. The van der Waals surface area contributed by atoms with Gasteiger partial charge in [0.15, 0.2) is 0 Å². The lowest BCUT2D eigenvalue weighted by Crippen LogP contribution is -2.04. The molecular weight excluding hydrogens is 320 g/mol. The summed E-state index contributed by atoms with van der Waals surface area (Å²) < 4.78 is 3.12. The molecule has 106 valence electrons. The van der Waals surface area contributed by atoms with Gasteiger partial charge in [-0.3, -0.25) is 4.79 Å². The molecular formula is C15H17BrN2O2. The van der Waals surface area contributed by atoms with E-state index in [4.69, 9.17) is 4.98 Å². The Morgan fingerprint density at radius 3 is 2.75 bits per heavy atom. The number of carboxylic acid groups (broad SMARTS) is 1. The predicted molar refractivity (Wildman–Crippen MR) is 80.8 cm³/mol.